The van der Waals surface area contributed by atoms with E-state index in [0.29, 0.717) is 11.5 Å². The Morgan fingerprint density at radius 1 is 1.03 bits per heavy atom. The zero-order chi connectivity index (χ0) is 22.5. The second kappa shape index (κ2) is 9.38. The first-order chi connectivity index (χ1) is 15.5. The lowest BCUT2D eigenvalue weighted by Crippen LogP contribution is -2.32. The molecule has 0 bridgehead atoms. The molecule has 0 amide bonds. The number of nitrogens with zero attached hydrogens (tertiary/aromatic N) is 2. The van der Waals surface area contributed by atoms with Crippen LogP contribution in [0.4, 0.5) is 14.6 Å². The summed E-state index contributed by atoms with van der Waals surface area (Å²) in [4.78, 5) is 20.6. The average Bonchev–Trinajstić information content (AvgIpc) is 3.28. The van der Waals surface area contributed by atoms with E-state index in [2.05, 4.69) is 15.3 Å². The highest BCUT2D eigenvalue weighted by Gasteiger charge is 2.23. The molecule has 0 saturated heterocycles. The number of aromatic nitrogens is 2. The van der Waals surface area contributed by atoms with Crippen LogP contribution < -0.4 is 5.32 Å². The first kappa shape index (κ1) is 21.2. The Hall–Kier alpha value is -4.07. The molecule has 2 aromatic heterocycles. The smallest absolute Gasteiger partial charge is 0.326 e. The van der Waals surface area contributed by atoms with Crippen LogP contribution in [-0.2, 0) is 17.6 Å². The minimum Gasteiger partial charge on any atom is -0.480 e. The second-order valence-electron chi connectivity index (χ2n) is 7.13. The second-order valence-corrected chi connectivity index (χ2v) is 7.13. The maximum Gasteiger partial charge on any atom is 0.326 e. The fourth-order valence-electron chi connectivity index (χ4n) is 3.32. The van der Waals surface area contributed by atoms with Gasteiger partial charge in [-0.2, -0.15) is 0 Å². The number of carbonyl (C=O) groups is 1. The Labute approximate surface area is 182 Å². The highest BCUT2D eigenvalue weighted by Crippen LogP contribution is 2.27. The van der Waals surface area contributed by atoms with Gasteiger partial charge in [0.1, 0.15) is 29.3 Å². The van der Waals surface area contributed by atoms with Crippen molar-refractivity contribution in [2.24, 2.45) is 0 Å². The summed E-state index contributed by atoms with van der Waals surface area (Å²) in [5.74, 6) is -1.90. The summed E-state index contributed by atoms with van der Waals surface area (Å²) in [6.45, 7) is 0. The largest absolute Gasteiger partial charge is 0.480 e. The van der Waals surface area contributed by atoms with Gasteiger partial charge in [-0.3, -0.25) is 0 Å². The van der Waals surface area contributed by atoms with E-state index in [-0.39, 0.29) is 29.9 Å². The number of rotatable bonds is 8. The number of carboxylic acid groups (broad SMARTS) is 1. The molecule has 0 aliphatic rings. The van der Waals surface area contributed by atoms with Crippen molar-refractivity contribution >= 4 is 11.8 Å². The van der Waals surface area contributed by atoms with Crippen LogP contribution in [-0.4, -0.2) is 27.1 Å². The van der Waals surface area contributed by atoms with Gasteiger partial charge >= 0.3 is 5.97 Å². The fraction of sp³-hybridized carbons (Fsp3) is 0.125. The molecular formula is C24H19F2N3O3. The SMILES string of the molecule is O=C(O)C(Cc1ccco1)Nc1ncc(-c2c(F)cccc2F)nc1Cc1ccccc1. The van der Waals surface area contributed by atoms with E-state index in [1.165, 1.54) is 18.5 Å². The molecule has 6 nitrogen and oxygen atoms in total. The lowest BCUT2D eigenvalue weighted by Gasteiger charge is -2.17. The third-order valence-electron chi connectivity index (χ3n) is 4.87. The van der Waals surface area contributed by atoms with Gasteiger partial charge in [0.05, 0.1) is 29.4 Å². The minimum absolute atomic E-state index is 0.0231. The van der Waals surface area contributed by atoms with Crippen LogP contribution >= 0.6 is 0 Å². The fourth-order valence-corrected chi connectivity index (χ4v) is 3.32. The summed E-state index contributed by atoms with van der Waals surface area (Å²) in [5, 5.41) is 12.6. The molecule has 2 N–H and O–H groups in total. The Morgan fingerprint density at radius 2 is 1.78 bits per heavy atom. The number of carboxylic acids is 1. The van der Waals surface area contributed by atoms with E-state index in [0.717, 1.165) is 17.7 Å². The van der Waals surface area contributed by atoms with Crippen molar-refractivity contribution in [1.82, 2.24) is 9.97 Å². The molecule has 0 radical (unpaired) electrons. The molecule has 1 unspecified atom stereocenters. The van der Waals surface area contributed by atoms with Crippen LogP contribution in [0.3, 0.4) is 0 Å². The van der Waals surface area contributed by atoms with Crippen molar-refractivity contribution in [3.8, 4) is 11.3 Å². The zero-order valence-corrected chi connectivity index (χ0v) is 16.8. The maximum absolute atomic E-state index is 14.3. The van der Waals surface area contributed by atoms with Crippen molar-refractivity contribution < 1.29 is 23.1 Å². The highest BCUT2D eigenvalue weighted by atomic mass is 19.1. The van der Waals surface area contributed by atoms with Gasteiger partial charge in [-0.15, -0.1) is 0 Å². The van der Waals surface area contributed by atoms with Crippen LogP contribution in [0, 0.1) is 11.6 Å². The Balaban J connectivity index is 1.72. The molecule has 4 rings (SSSR count). The van der Waals surface area contributed by atoms with Gasteiger partial charge in [0.2, 0.25) is 0 Å². The average molecular weight is 435 g/mol. The number of hydrogen-bond acceptors (Lipinski definition) is 5. The molecule has 2 heterocycles. The van der Waals surface area contributed by atoms with Crippen molar-refractivity contribution in [2.45, 2.75) is 18.9 Å². The number of nitrogens with one attached hydrogen (secondary N) is 1. The van der Waals surface area contributed by atoms with Crippen molar-refractivity contribution in [3.63, 3.8) is 0 Å². The van der Waals surface area contributed by atoms with E-state index in [1.54, 1.807) is 12.1 Å². The van der Waals surface area contributed by atoms with Gasteiger partial charge in [-0.1, -0.05) is 36.4 Å². The lowest BCUT2D eigenvalue weighted by molar-refractivity contribution is -0.138. The number of benzene rings is 2. The van der Waals surface area contributed by atoms with E-state index in [4.69, 9.17) is 4.42 Å². The number of furan rings is 1. The van der Waals surface area contributed by atoms with Gasteiger partial charge < -0.3 is 14.8 Å². The monoisotopic (exact) mass is 435 g/mol. The molecule has 0 aliphatic carbocycles. The van der Waals surface area contributed by atoms with Crippen LogP contribution in [0.25, 0.3) is 11.3 Å². The summed E-state index contributed by atoms with van der Waals surface area (Å²) >= 11 is 0. The molecule has 162 valence electrons. The molecule has 0 saturated carbocycles. The maximum atomic E-state index is 14.3. The van der Waals surface area contributed by atoms with E-state index < -0.39 is 23.6 Å². The molecular weight excluding hydrogens is 416 g/mol. The van der Waals surface area contributed by atoms with E-state index in [9.17, 15) is 18.7 Å². The highest BCUT2D eigenvalue weighted by molar-refractivity contribution is 5.77. The predicted molar refractivity (Wildman–Crippen MR) is 114 cm³/mol. The number of anilines is 1. The van der Waals surface area contributed by atoms with Gasteiger partial charge in [-0.05, 0) is 29.8 Å². The van der Waals surface area contributed by atoms with Gasteiger partial charge in [-0.25, -0.2) is 23.5 Å². The Morgan fingerprint density at radius 3 is 2.44 bits per heavy atom. The van der Waals surface area contributed by atoms with E-state index >= 15 is 0 Å². The van der Waals surface area contributed by atoms with Crippen molar-refractivity contribution in [3.05, 3.63) is 102 Å². The number of aliphatic carboxylic acids is 1. The standard InChI is InChI=1S/C24H19F2N3O3/c25-17-9-4-10-18(26)22(17)21-14-27-23(19(28-21)12-15-6-2-1-3-7-15)29-20(24(30)31)13-16-8-5-11-32-16/h1-11,14,20H,12-13H2,(H,27,29)(H,30,31). The first-order valence-electron chi connectivity index (χ1n) is 9.87. The molecule has 8 heteroatoms. The molecule has 0 fully saturated rings. The first-order valence-corrected chi connectivity index (χ1v) is 9.87. The van der Waals surface area contributed by atoms with Gasteiger partial charge in [0, 0.05) is 12.8 Å². The predicted octanol–water partition coefficient (Wildman–Crippen LogP) is 4.71. The summed E-state index contributed by atoms with van der Waals surface area (Å²) in [7, 11) is 0. The Kier molecular flexibility index (Phi) is 6.21. The summed E-state index contributed by atoms with van der Waals surface area (Å²) in [6, 6.07) is 15.2. The topological polar surface area (TPSA) is 88.2 Å². The Bertz CT molecular complexity index is 1190. The van der Waals surface area contributed by atoms with Gasteiger partial charge in [0.15, 0.2) is 0 Å². The zero-order valence-electron chi connectivity index (χ0n) is 16.8. The van der Waals surface area contributed by atoms with Crippen molar-refractivity contribution in [1.29, 1.82) is 0 Å². The molecule has 1 atom stereocenters. The number of halogens is 2. The normalized spacial score (nSPS) is 11.8. The third-order valence-corrected chi connectivity index (χ3v) is 4.87. The summed E-state index contributed by atoms with van der Waals surface area (Å²) < 4.78 is 33.9. The molecule has 0 aliphatic heterocycles. The summed E-state index contributed by atoms with van der Waals surface area (Å²) in [6.07, 6.45) is 3.06. The van der Waals surface area contributed by atoms with E-state index in [1.807, 2.05) is 30.3 Å². The van der Waals surface area contributed by atoms with Crippen LogP contribution in [0.2, 0.25) is 0 Å². The van der Waals surface area contributed by atoms with Crippen LogP contribution in [0.15, 0.2) is 77.5 Å². The summed E-state index contributed by atoms with van der Waals surface area (Å²) in [5.41, 5.74) is 0.984. The number of hydrogen-bond donors (Lipinski definition) is 2. The third kappa shape index (κ3) is 4.80. The van der Waals surface area contributed by atoms with Crippen LogP contribution in [0.5, 0.6) is 0 Å². The quantitative estimate of drug-likeness (QED) is 0.417. The van der Waals surface area contributed by atoms with Crippen molar-refractivity contribution in [2.75, 3.05) is 5.32 Å². The molecule has 32 heavy (non-hydrogen) atoms. The lowest BCUT2D eigenvalue weighted by atomic mass is 10.1. The molecule has 0 spiro atoms. The molecule has 4 aromatic rings. The van der Waals surface area contributed by atoms with Gasteiger partial charge in [0.25, 0.3) is 0 Å². The molecule has 2 aromatic carbocycles. The van der Waals surface area contributed by atoms with Crippen LogP contribution in [0.1, 0.15) is 17.0 Å². The minimum atomic E-state index is -1.10.